The van der Waals surface area contributed by atoms with E-state index in [-0.39, 0.29) is 16.9 Å². The van der Waals surface area contributed by atoms with Gasteiger partial charge in [0.15, 0.2) is 10.1 Å². The molecule has 1 heterocycles. The first-order chi connectivity index (χ1) is 14.0. The van der Waals surface area contributed by atoms with E-state index in [1.54, 1.807) is 24.3 Å². The summed E-state index contributed by atoms with van der Waals surface area (Å²) >= 11 is 2.76. The van der Waals surface area contributed by atoms with Crippen molar-refractivity contribution < 1.29 is 9.59 Å². The molecule has 2 N–H and O–H groups in total. The number of para-hydroxylation sites is 1. The number of amides is 1. The molecule has 0 saturated carbocycles. The van der Waals surface area contributed by atoms with Gasteiger partial charge in [0, 0.05) is 16.9 Å². The van der Waals surface area contributed by atoms with Crippen LogP contribution >= 0.6 is 23.1 Å². The van der Waals surface area contributed by atoms with Crippen molar-refractivity contribution in [3.8, 4) is 0 Å². The van der Waals surface area contributed by atoms with E-state index < -0.39 is 0 Å². The lowest BCUT2D eigenvalue weighted by Crippen LogP contribution is -2.22. The molecule has 8 heteroatoms. The average Bonchev–Trinajstić information content (AvgIpc) is 3.15. The molecule has 150 valence electrons. The van der Waals surface area contributed by atoms with Gasteiger partial charge >= 0.3 is 0 Å². The summed E-state index contributed by atoms with van der Waals surface area (Å²) in [7, 11) is 0. The van der Waals surface area contributed by atoms with Crippen LogP contribution in [-0.2, 0) is 11.2 Å². The maximum Gasteiger partial charge on any atom is 0.237 e. The second-order valence-corrected chi connectivity index (χ2v) is 8.96. The molecule has 1 amide bonds. The highest BCUT2D eigenvalue weighted by atomic mass is 32.2. The molecule has 0 aliphatic heterocycles. The molecule has 3 rings (SSSR count). The predicted octanol–water partition coefficient (Wildman–Crippen LogP) is 5.17. The second-order valence-electron chi connectivity index (χ2n) is 6.40. The van der Waals surface area contributed by atoms with Crippen LogP contribution in [0.4, 0.5) is 16.5 Å². The van der Waals surface area contributed by atoms with Crippen LogP contribution in [0.1, 0.15) is 36.7 Å². The fraction of sp³-hybridized carbons (Fsp3) is 0.238. The lowest BCUT2D eigenvalue weighted by Gasteiger charge is -2.11. The predicted molar refractivity (Wildman–Crippen MR) is 119 cm³/mol. The van der Waals surface area contributed by atoms with Gasteiger partial charge in [-0.05, 0) is 44.0 Å². The molecule has 29 heavy (non-hydrogen) atoms. The van der Waals surface area contributed by atoms with E-state index in [0.717, 1.165) is 12.1 Å². The Morgan fingerprint density at radius 1 is 1.14 bits per heavy atom. The molecule has 0 aliphatic rings. The molecule has 3 aromatic rings. The van der Waals surface area contributed by atoms with Crippen LogP contribution in [-0.4, -0.2) is 27.1 Å². The third-order valence-corrected chi connectivity index (χ3v) is 6.25. The van der Waals surface area contributed by atoms with Crippen LogP contribution in [0.3, 0.4) is 0 Å². The number of benzene rings is 2. The highest BCUT2D eigenvalue weighted by molar-refractivity contribution is 8.02. The summed E-state index contributed by atoms with van der Waals surface area (Å²) < 4.78 is 0.710. The number of carbonyl (C=O) groups is 2. The number of hydrogen-bond acceptors (Lipinski definition) is 7. The Labute approximate surface area is 178 Å². The summed E-state index contributed by atoms with van der Waals surface area (Å²) in [4.78, 5) is 24.0. The zero-order chi connectivity index (χ0) is 20.8. The van der Waals surface area contributed by atoms with Crippen LogP contribution in [0.5, 0.6) is 0 Å². The lowest BCUT2D eigenvalue weighted by atomic mass is 10.1. The van der Waals surface area contributed by atoms with Crippen LogP contribution in [0, 0.1) is 0 Å². The molecule has 1 atom stereocenters. The van der Waals surface area contributed by atoms with Gasteiger partial charge in [-0.15, -0.1) is 10.2 Å². The summed E-state index contributed by atoms with van der Waals surface area (Å²) in [5.74, 6) is -0.196. The molecule has 0 spiro atoms. The molecular formula is C21H22N4O2S2. The zero-order valence-corrected chi connectivity index (χ0v) is 18.1. The number of nitrogens with one attached hydrogen (secondary N) is 2. The Bertz CT molecular complexity index is 1020. The molecule has 2 aromatic carbocycles. The smallest absolute Gasteiger partial charge is 0.237 e. The van der Waals surface area contributed by atoms with E-state index in [2.05, 4.69) is 33.8 Å². The Balaban J connectivity index is 1.61. The van der Waals surface area contributed by atoms with Gasteiger partial charge in [0.25, 0.3) is 0 Å². The molecule has 0 saturated heterocycles. The minimum absolute atomic E-state index is 0.0398. The number of aromatic nitrogens is 2. The van der Waals surface area contributed by atoms with Crippen LogP contribution < -0.4 is 10.6 Å². The van der Waals surface area contributed by atoms with Crippen molar-refractivity contribution in [3.05, 3.63) is 59.7 Å². The van der Waals surface area contributed by atoms with Gasteiger partial charge in [-0.25, -0.2) is 0 Å². The normalized spacial score (nSPS) is 11.7. The summed E-state index contributed by atoms with van der Waals surface area (Å²) in [5.41, 5.74) is 3.39. The molecule has 0 bridgehead atoms. The summed E-state index contributed by atoms with van der Waals surface area (Å²) in [6.45, 7) is 5.42. The first-order valence-corrected chi connectivity index (χ1v) is 10.9. The quantitative estimate of drug-likeness (QED) is 0.382. The average molecular weight is 427 g/mol. The number of anilines is 3. The third kappa shape index (κ3) is 5.65. The van der Waals surface area contributed by atoms with Gasteiger partial charge in [-0.2, -0.15) is 0 Å². The minimum Gasteiger partial charge on any atom is -0.330 e. The van der Waals surface area contributed by atoms with Gasteiger partial charge < -0.3 is 10.6 Å². The molecule has 0 radical (unpaired) electrons. The largest absolute Gasteiger partial charge is 0.330 e. The molecule has 1 aromatic heterocycles. The SMILES string of the molecule is CCc1ccccc1Nc1nnc(SC(C)C(=O)Nc2cccc(C(C)=O)c2)s1. The number of rotatable bonds is 8. The maximum absolute atomic E-state index is 12.5. The Kier molecular flexibility index (Phi) is 7.00. The summed E-state index contributed by atoms with van der Waals surface area (Å²) in [6, 6.07) is 15.0. The minimum atomic E-state index is -0.361. The van der Waals surface area contributed by atoms with Crippen molar-refractivity contribution in [2.45, 2.75) is 36.8 Å². The number of carbonyl (C=O) groups excluding carboxylic acids is 2. The van der Waals surface area contributed by atoms with Gasteiger partial charge in [0.2, 0.25) is 11.0 Å². The Morgan fingerprint density at radius 3 is 2.69 bits per heavy atom. The number of aryl methyl sites for hydroxylation is 1. The third-order valence-electron chi connectivity index (χ3n) is 4.23. The topological polar surface area (TPSA) is 84.0 Å². The molecule has 1 unspecified atom stereocenters. The first-order valence-electron chi connectivity index (χ1n) is 9.23. The summed E-state index contributed by atoms with van der Waals surface area (Å²) in [6.07, 6.45) is 0.922. The Hall–Kier alpha value is -2.71. The van der Waals surface area contributed by atoms with Gasteiger partial charge in [0.05, 0.1) is 5.25 Å². The van der Waals surface area contributed by atoms with Crippen LogP contribution in [0.25, 0.3) is 0 Å². The summed E-state index contributed by atoms with van der Waals surface area (Å²) in [5, 5.41) is 14.8. The molecular weight excluding hydrogens is 404 g/mol. The molecule has 6 nitrogen and oxygen atoms in total. The number of Topliss-reactive ketones (excluding diaryl/α,β-unsaturated/α-hetero) is 1. The fourth-order valence-electron chi connectivity index (χ4n) is 2.64. The van der Waals surface area contributed by atoms with E-state index in [9.17, 15) is 9.59 Å². The Morgan fingerprint density at radius 2 is 1.93 bits per heavy atom. The van der Waals surface area contributed by atoms with Crippen LogP contribution in [0.2, 0.25) is 0 Å². The maximum atomic E-state index is 12.5. The van der Waals surface area contributed by atoms with Gasteiger partial charge in [-0.1, -0.05) is 60.4 Å². The van der Waals surface area contributed by atoms with E-state index in [4.69, 9.17) is 0 Å². The van der Waals surface area contributed by atoms with Crippen molar-refractivity contribution >= 4 is 51.3 Å². The lowest BCUT2D eigenvalue weighted by molar-refractivity contribution is -0.115. The van der Waals surface area contributed by atoms with E-state index in [0.29, 0.717) is 20.7 Å². The van der Waals surface area contributed by atoms with E-state index in [1.165, 1.54) is 35.6 Å². The standard InChI is InChI=1S/C21H22N4O2S2/c1-4-15-8-5-6-11-18(15)23-20-24-25-21(29-20)28-14(3)19(27)22-17-10-7-9-16(12-17)13(2)26/h5-12,14H,4H2,1-3H3,(H,22,27)(H,23,24). The van der Waals surface area contributed by atoms with Gasteiger partial charge in [0.1, 0.15) is 0 Å². The van der Waals surface area contributed by atoms with E-state index >= 15 is 0 Å². The van der Waals surface area contributed by atoms with Crippen molar-refractivity contribution in [1.29, 1.82) is 0 Å². The van der Waals surface area contributed by atoms with Crippen molar-refractivity contribution in [3.63, 3.8) is 0 Å². The highest BCUT2D eigenvalue weighted by Gasteiger charge is 2.18. The molecule has 0 fully saturated rings. The molecule has 0 aliphatic carbocycles. The number of thioether (sulfide) groups is 1. The fourth-order valence-corrected chi connectivity index (χ4v) is 4.55. The van der Waals surface area contributed by atoms with E-state index in [1.807, 2.05) is 25.1 Å². The number of nitrogens with zero attached hydrogens (tertiary/aromatic N) is 2. The monoisotopic (exact) mass is 426 g/mol. The second kappa shape index (κ2) is 9.67. The van der Waals surface area contributed by atoms with Crippen molar-refractivity contribution in [2.24, 2.45) is 0 Å². The highest BCUT2D eigenvalue weighted by Crippen LogP contribution is 2.31. The number of ketones is 1. The van der Waals surface area contributed by atoms with Crippen molar-refractivity contribution in [1.82, 2.24) is 10.2 Å². The van der Waals surface area contributed by atoms with Crippen LogP contribution in [0.15, 0.2) is 52.9 Å². The van der Waals surface area contributed by atoms with Crippen molar-refractivity contribution in [2.75, 3.05) is 10.6 Å². The van der Waals surface area contributed by atoms with Gasteiger partial charge in [-0.3, -0.25) is 9.59 Å². The number of hydrogen-bond donors (Lipinski definition) is 2. The zero-order valence-electron chi connectivity index (χ0n) is 16.4. The first kappa shape index (κ1) is 21.0.